The van der Waals surface area contributed by atoms with Crippen LogP contribution in [0.4, 0.5) is 0 Å². The van der Waals surface area contributed by atoms with Crippen LogP contribution in [0.25, 0.3) is 0 Å². The van der Waals surface area contributed by atoms with E-state index in [4.69, 9.17) is 15.3 Å². The Kier molecular flexibility index (Phi) is 11.9. The maximum Gasteiger partial charge on any atom is 0.158 e. The Labute approximate surface area is 106 Å². The summed E-state index contributed by atoms with van der Waals surface area (Å²) >= 11 is 6.66. The lowest BCUT2D eigenvalue weighted by atomic mass is 10.6. The molecule has 0 spiro atoms. The quantitative estimate of drug-likeness (QED) is 0.355. The van der Waals surface area contributed by atoms with Crippen LogP contribution in [0.2, 0.25) is 0 Å². The van der Waals surface area contributed by atoms with Crippen LogP contribution in [0, 0.1) is 0 Å². The third-order valence-electron chi connectivity index (χ3n) is 1.65. The summed E-state index contributed by atoms with van der Waals surface area (Å²) in [7, 11) is -1.92. The summed E-state index contributed by atoms with van der Waals surface area (Å²) in [5.74, 6) is 0. The van der Waals surface area contributed by atoms with Crippen molar-refractivity contribution in [1.29, 1.82) is 0 Å². The van der Waals surface area contributed by atoms with Gasteiger partial charge in [-0.25, -0.2) is 0 Å². The molecule has 0 amide bonds. The lowest BCUT2D eigenvalue weighted by molar-refractivity contribution is -0.00000488. The smallest absolute Gasteiger partial charge is 0.158 e. The number of aliphatic hydroxyl groups excluding tert-OH is 3. The van der Waals surface area contributed by atoms with Crippen molar-refractivity contribution in [1.82, 2.24) is 0 Å². The van der Waals surface area contributed by atoms with Crippen LogP contribution in [0.1, 0.15) is 0 Å². The standard InChI is InChI=1S/C6H14Br2O3P.BrH/c7-1-6(8)2-12(3-9,4-10)5-11;/h6,9-11H,1-5H2;1H/q+1;/p-1. The molecule has 0 aromatic carbocycles. The Balaban J connectivity index is 0. The van der Waals surface area contributed by atoms with Gasteiger partial charge >= 0.3 is 0 Å². The molecule has 0 aliphatic rings. The van der Waals surface area contributed by atoms with Gasteiger partial charge < -0.3 is 32.3 Å². The molecule has 13 heavy (non-hydrogen) atoms. The summed E-state index contributed by atoms with van der Waals surface area (Å²) in [5.41, 5.74) is 0. The van der Waals surface area contributed by atoms with Gasteiger partial charge in [-0.05, 0) is 0 Å². The second-order valence-corrected chi connectivity index (χ2v) is 8.54. The van der Waals surface area contributed by atoms with Gasteiger partial charge in [0.1, 0.15) is 0 Å². The molecule has 3 nitrogen and oxygen atoms in total. The lowest BCUT2D eigenvalue weighted by Crippen LogP contribution is -3.00. The van der Waals surface area contributed by atoms with E-state index in [1.54, 1.807) is 0 Å². The first-order chi connectivity index (χ1) is 5.64. The van der Waals surface area contributed by atoms with Crippen molar-refractivity contribution < 1.29 is 32.3 Å². The molecule has 0 fully saturated rings. The topological polar surface area (TPSA) is 60.7 Å². The Hall–Kier alpha value is 1.75. The Morgan fingerprint density at radius 3 is 1.69 bits per heavy atom. The second-order valence-electron chi connectivity index (χ2n) is 2.70. The van der Waals surface area contributed by atoms with Crippen LogP contribution in [0.3, 0.4) is 0 Å². The van der Waals surface area contributed by atoms with Crippen molar-refractivity contribution in [2.45, 2.75) is 4.83 Å². The minimum atomic E-state index is -1.92. The molecule has 1 atom stereocenters. The van der Waals surface area contributed by atoms with E-state index >= 15 is 0 Å². The maximum absolute atomic E-state index is 9.01. The first-order valence-corrected chi connectivity index (χ1v) is 8.08. The van der Waals surface area contributed by atoms with Gasteiger partial charge in [-0.15, -0.1) is 0 Å². The molecule has 0 aromatic heterocycles. The fraction of sp³-hybridized carbons (Fsp3) is 1.00. The summed E-state index contributed by atoms with van der Waals surface area (Å²) in [6.45, 7) is 0. The highest BCUT2D eigenvalue weighted by molar-refractivity contribution is 9.12. The van der Waals surface area contributed by atoms with Crippen molar-refractivity contribution in [2.24, 2.45) is 0 Å². The Bertz CT molecular complexity index is 115. The average Bonchev–Trinajstić information content (AvgIpc) is 2.14. The van der Waals surface area contributed by atoms with E-state index < -0.39 is 7.26 Å². The SMILES string of the molecule is OC[P+](CO)(CO)CC(Br)CBr.[Br-]. The van der Waals surface area contributed by atoms with E-state index in [2.05, 4.69) is 31.9 Å². The highest BCUT2D eigenvalue weighted by atomic mass is 79.9. The summed E-state index contributed by atoms with van der Waals surface area (Å²) < 4.78 is 0. The first kappa shape index (κ1) is 17.2. The minimum absolute atomic E-state index is 0. The van der Waals surface area contributed by atoms with Gasteiger partial charge in [0.05, 0.1) is 18.3 Å². The van der Waals surface area contributed by atoms with Gasteiger partial charge in [-0.1, -0.05) is 31.9 Å². The number of alkyl halides is 2. The molecule has 0 aliphatic heterocycles. The van der Waals surface area contributed by atoms with Gasteiger partial charge in [-0.3, -0.25) is 0 Å². The molecule has 0 heterocycles. The zero-order valence-electron chi connectivity index (χ0n) is 7.04. The van der Waals surface area contributed by atoms with Crippen LogP contribution in [-0.2, 0) is 0 Å². The zero-order chi connectivity index (χ0) is 9.61. The Morgan fingerprint density at radius 1 is 1.08 bits per heavy atom. The predicted octanol–water partition coefficient (Wildman–Crippen LogP) is -1.98. The number of rotatable bonds is 6. The highest BCUT2D eigenvalue weighted by Gasteiger charge is 2.37. The van der Waals surface area contributed by atoms with Crippen LogP contribution in [0.5, 0.6) is 0 Å². The van der Waals surface area contributed by atoms with Crippen LogP contribution in [-0.4, -0.2) is 50.7 Å². The van der Waals surface area contributed by atoms with Crippen molar-refractivity contribution in [2.75, 3.05) is 30.5 Å². The monoisotopic (exact) mass is 402 g/mol. The van der Waals surface area contributed by atoms with Crippen molar-refractivity contribution >= 4 is 39.1 Å². The van der Waals surface area contributed by atoms with Crippen LogP contribution >= 0.6 is 39.1 Å². The molecule has 0 saturated carbocycles. The van der Waals surface area contributed by atoms with E-state index in [0.717, 1.165) is 5.33 Å². The van der Waals surface area contributed by atoms with E-state index in [9.17, 15) is 0 Å². The number of aliphatic hydroxyl groups is 3. The van der Waals surface area contributed by atoms with E-state index in [-0.39, 0.29) is 40.9 Å². The third kappa shape index (κ3) is 6.03. The molecular weight excluding hydrogens is 391 g/mol. The fourth-order valence-corrected chi connectivity index (χ4v) is 4.79. The average molecular weight is 405 g/mol. The predicted molar refractivity (Wildman–Crippen MR) is 59.6 cm³/mol. The molecule has 0 bridgehead atoms. The van der Waals surface area contributed by atoms with Crippen LogP contribution < -0.4 is 17.0 Å². The molecule has 1 unspecified atom stereocenters. The van der Waals surface area contributed by atoms with Gasteiger partial charge in [-0.2, -0.15) is 0 Å². The largest absolute Gasteiger partial charge is 1.00 e. The maximum atomic E-state index is 9.01. The summed E-state index contributed by atoms with van der Waals surface area (Å²) in [5, 5.41) is 27.8. The molecule has 7 heteroatoms. The molecule has 3 N–H and O–H groups in total. The van der Waals surface area contributed by atoms with Gasteiger partial charge in [0, 0.05) is 5.33 Å². The van der Waals surface area contributed by atoms with Gasteiger partial charge in [0.15, 0.2) is 19.0 Å². The van der Waals surface area contributed by atoms with E-state index in [1.807, 2.05) is 0 Å². The molecule has 0 radical (unpaired) electrons. The normalized spacial score (nSPS) is 13.6. The van der Waals surface area contributed by atoms with Crippen LogP contribution in [0.15, 0.2) is 0 Å². The molecular formula is C6H14Br3O3P. The summed E-state index contributed by atoms with van der Waals surface area (Å²) in [6.07, 6.45) is 0.390. The minimum Gasteiger partial charge on any atom is -1.00 e. The van der Waals surface area contributed by atoms with Gasteiger partial charge in [0.25, 0.3) is 0 Å². The number of halogens is 3. The van der Waals surface area contributed by atoms with Crippen molar-refractivity contribution in [3.63, 3.8) is 0 Å². The molecule has 0 aliphatic carbocycles. The summed E-state index contributed by atoms with van der Waals surface area (Å²) in [6, 6.07) is 0. The molecule has 82 valence electrons. The lowest BCUT2D eigenvalue weighted by Gasteiger charge is -2.21. The molecule has 0 saturated heterocycles. The number of hydrogen-bond donors (Lipinski definition) is 3. The third-order valence-corrected chi connectivity index (χ3v) is 7.47. The zero-order valence-corrected chi connectivity index (χ0v) is 12.7. The van der Waals surface area contributed by atoms with Crippen molar-refractivity contribution in [3.8, 4) is 0 Å². The summed E-state index contributed by atoms with van der Waals surface area (Å²) in [4.78, 5) is 0.206. The Morgan fingerprint density at radius 2 is 1.46 bits per heavy atom. The molecule has 0 rings (SSSR count). The van der Waals surface area contributed by atoms with E-state index in [1.165, 1.54) is 0 Å². The number of hydrogen-bond acceptors (Lipinski definition) is 3. The second kappa shape index (κ2) is 9.01. The highest BCUT2D eigenvalue weighted by Crippen LogP contribution is 2.57. The van der Waals surface area contributed by atoms with Crippen molar-refractivity contribution in [3.05, 3.63) is 0 Å². The van der Waals surface area contributed by atoms with E-state index in [0.29, 0.717) is 6.16 Å². The fourth-order valence-electron chi connectivity index (χ4n) is 0.776. The van der Waals surface area contributed by atoms with Gasteiger partial charge in [0.2, 0.25) is 0 Å². The molecule has 0 aromatic rings. The first-order valence-electron chi connectivity index (χ1n) is 3.52.